The second-order valence-electron chi connectivity index (χ2n) is 7.28. The predicted octanol–water partition coefficient (Wildman–Crippen LogP) is 2.04. The fourth-order valence-corrected chi connectivity index (χ4v) is 5.58. The van der Waals surface area contributed by atoms with Crippen molar-refractivity contribution in [3.05, 3.63) is 81.6 Å². The minimum atomic E-state index is -0.719. The van der Waals surface area contributed by atoms with Gasteiger partial charge in [0.2, 0.25) is 0 Å². The monoisotopic (exact) mass is 527 g/mol. The maximum atomic E-state index is 13.4. The van der Waals surface area contributed by atoms with Crippen LogP contribution in [-0.4, -0.2) is 47.7 Å². The van der Waals surface area contributed by atoms with Gasteiger partial charge in [-0.3, -0.25) is 0 Å². The van der Waals surface area contributed by atoms with E-state index in [0.717, 1.165) is 15.3 Å². The summed E-state index contributed by atoms with van der Waals surface area (Å²) in [5.41, 5.74) is 2.59. The van der Waals surface area contributed by atoms with Gasteiger partial charge in [-0.25, -0.2) is 0 Å². The van der Waals surface area contributed by atoms with Crippen LogP contribution in [-0.2, 0) is 16.5 Å². The number of nitrogens with one attached hydrogen (secondary N) is 1. The number of carbonyl (C=O) groups excluding carboxylic acids is 1. The second-order valence-corrected chi connectivity index (χ2v) is 10.2. The van der Waals surface area contributed by atoms with Gasteiger partial charge in [-0.05, 0) is 0 Å². The third-order valence-corrected chi connectivity index (χ3v) is 7.75. The van der Waals surface area contributed by atoms with Crippen LogP contribution in [0.4, 0.5) is 4.39 Å². The summed E-state index contributed by atoms with van der Waals surface area (Å²) >= 11 is 5.17. The fraction of sp³-hybridized carbons (Fsp3) is 0.174. The molecule has 1 N–H and O–H groups in total. The first-order chi connectivity index (χ1) is 15.9. The molecule has 3 aromatic heterocycles. The van der Waals surface area contributed by atoms with Gasteiger partial charge in [-0.1, -0.05) is 0 Å². The molecule has 10 heteroatoms. The van der Waals surface area contributed by atoms with Gasteiger partial charge in [0.15, 0.2) is 0 Å². The van der Waals surface area contributed by atoms with Crippen molar-refractivity contribution >= 4 is 48.9 Å². The average Bonchev–Trinajstić information content (AvgIpc) is 2.81. The Bertz CT molecular complexity index is 1380. The van der Waals surface area contributed by atoms with Crippen LogP contribution in [0.1, 0.15) is 12.5 Å². The summed E-state index contributed by atoms with van der Waals surface area (Å²) in [6.45, 7) is 1.98. The molecule has 4 aromatic rings. The van der Waals surface area contributed by atoms with E-state index >= 15 is 0 Å². The van der Waals surface area contributed by atoms with Gasteiger partial charge in [-0.2, -0.15) is 0 Å². The Morgan fingerprint density at radius 2 is 2.06 bits per heavy atom. The van der Waals surface area contributed by atoms with Crippen molar-refractivity contribution in [2.45, 2.75) is 18.7 Å². The molecule has 33 heavy (non-hydrogen) atoms. The zero-order chi connectivity index (χ0) is 23.4. The molecule has 168 valence electrons. The molecule has 1 atom stereocenters. The molecule has 0 saturated heterocycles. The Hall–Kier alpha value is -3.09. The van der Waals surface area contributed by atoms with Crippen molar-refractivity contribution in [1.82, 2.24) is 24.8 Å². The van der Waals surface area contributed by atoms with Crippen LogP contribution in [0.25, 0.3) is 22.4 Å². The SMILES string of the molecule is CC(=O)NCCn1c(=O)c(-c2cccnc2)nc2ccc([AsH]Cc3ccc(F)c(Cl)c3)nc21. The number of aromatic nitrogens is 4. The number of nitrogens with zero attached hydrogens (tertiary/aromatic N) is 4. The topological polar surface area (TPSA) is 89.8 Å². The van der Waals surface area contributed by atoms with Crippen molar-refractivity contribution in [3.63, 3.8) is 0 Å². The third kappa shape index (κ3) is 5.46. The van der Waals surface area contributed by atoms with Gasteiger partial charge in [0.1, 0.15) is 0 Å². The standard InChI is InChI=1S/C23H20AsClFN5O2/c1-14(32)28-9-10-31-22-19(29-21(23(31)33)16-3-2-8-27-13-16)6-7-20(30-22)24-12-15-4-5-18(26)17(25)11-15/h2-8,11,13,24H,9-10,12H2,1H3,(H,28,32). The average molecular weight is 528 g/mol. The summed E-state index contributed by atoms with van der Waals surface area (Å²) in [4.78, 5) is 38.0. The first kappa shape index (κ1) is 23.1. The van der Waals surface area contributed by atoms with Crippen LogP contribution in [0.2, 0.25) is 5.02 Å². The van der Waals surface area contributed by atoms with E-state index in [1.54, 1.807) is 41.2 Å². The van der Waals surface area contributed by atoms with Crippen molar-refractivity contribution in [1.29, 1.82) is 0 Å². The molecule has 1 unspecified atom stereocenters. The summed E-state index contributed by atoms with van der Waals surface area (Å²) in [5, 5.41) is 3.56. The Labute approximate surface area is 200 Å². The first-order valence-corrected chi connectivity index (χ1v) is 13.1. The first-order valence-electron chi connectivity index (χ1n) is 10.2. The van der Waals surface area contributed by atoms with Crippen LogP contribution < -0.4 is 15.4 Å². The molecule has 0 radical (unpaired) electrons. The van der Waals surface area contributed by atoms with Crippen molar-refractivity contribution < 1.29 is 9.18 Å². The Balaban J connectivity index is 1.71. The van der Waals surface area contributed by atoms with E-state index in [1.165, 1.54) is 13.0 Å². The molecule has 0 bridgehead atoms. The van der Waals surface area contributed by atoms with Gasteiger partial charge >= 0.3 is 201 Å². The molecular formula is C23H20AsClFN5O2. The number of pyridine rings is 2. The molecule has 1 aromatic carbocycles. The normalized spacial score (nSPS) is 11.4. The number of carbonyl (C=O) groups is 1. The maximum absolute atomic E-state index is 13.4. The molecule has 1 amide bonds. The van der Waals surface area contributed by atoms with Crippen LogP contribution in [0, 0.1) is 5.82 Å². The van der Waals surface area contributed by atoms with E-state index in [0.29, 0.717) is 16.7 Å². The van der Waals surface area contributed by atoms with Gasteiger partial charge in [0.05, 0.1) is 0 Å². The van der Waals surface area contributed by atoms with Crippen molar-refractivity contribution in [2.75, 3.05) is 6.54 Å². The summed E-state index contributed by atoms with van der Waals surface area (Å²) in [6, 6.07) is 12.0. The Morgan fingerprint density at radius 1 is 1.21 bits per heavy atom. The number of benzene rings is 1. The van der Waals surface area contributed by atoms with Gasteiger partial charge in [0.25, 0.3) is 0 Å². The second kappa shape index (κ2) is 10.2. The number of rotatable bonds is 7. The fourth-order valence-electron chi connectivity index (χ4n) is 3.30. The summed E-state index contributed by atoms with van der Waals surface area (Å²) < 4.78 is 15.8. The van der Waals surface area contributed by atoms with Crippen LogP contribution in [0.3, 0.4) is 0 Å². The van der Waals surface area contributed by atoms with Crippen LogP contribution in [0.15, 0.2) is 59.7 Å². The molecule has 0 aliphatic heterocycles. The minimum absolute atomic E-state index is 0.101. The molecule has 0 aliphatic rings. The van der Waals surface area contributed by atoms with Crippen LogP contribution >= 0.6 is 11.6 Å². The van der Waals surface area contributed by atoms with E-state index in [1.807, 2.05) is 12.1 Å². The number of hydrogen-bond donors (Lipinski definition) is 1. The molecule has 4 rings (SSSR count). The van der Waals surface area contributed by atoms with E-state index < -0.39 is 21.6 Å². The van der Waals surface area contributed by atoms with Crippen molar-refractivity contribution in [2.24, 2.45) is 0 Å². The molecular weight excluding hydrogens is 508 g/mol. The van der Waals surface area contributed by atoms with Crippen LogP contribution in [0.5, 0.6) is 0 Å². The predicted molar refractivity (Wildman–Crippen MR) is 128 cm³/mol. The zero-order valence-electron chi connectivity index (χ0n) is 17.7. The third-order valence-electron chi connectivity index (χ3n) is 4.89. The number of halogens is 2. The van der Waals surface area contributed by atoms with Gasteiger partial charge < -0.3 is 0 Å². The molecule has 0 spiro atoms. The number of hydrogen-bond acceptors (Lipinski definition) is 5. The molecule has 7 nitrogen and oxygen atoms in total. The summed E-state index contributed by atoms with van der Waals surface area (Å²) in [6.07, 6.45) is 3.22. The summed E-state index contributed by atoms with van der Waals surface area (Å²) in [5.74, 6) is -0.616. The summed E-state index contributed by atoms with van der Waals surface area (Å²) in [7, 11) is 0. The quantitative estimate of drug-likeness (QED) is 0.372. The van der Waals surface area contributed by atoms with E-state index in [2.05, 4.69) is 15.3 Å². The molecule has 0 saturated carbocycles. The Morgan fingerprint density at radius 3 is 2.79 bits per heavy atom. The number of amides is 1. The number of fused-ring (bicyclic) bond motifs is 1. The molecule has 0 fully saturated rings. The van der Waals surface area contributed by atoms with Crippen molar-refractivity contribution in [3.8, 4) is 11.3 Å². The molecule has 0 aliphatic carbocycles. The van der Waals surface area contributed by atoms with E-state index in [-0.39, 0.29) is 35.3 Å². The van der Waals surface area contributed by atoms with E-state index in [9.17, 15) is 14.0 Å². The van der Waals surface area contributed by atoms with Gasteiger partial charge in [-0.15, -0.1) is 0 Å². The molecule has 3 heterocycles. The van der Waals surface area contributed by atoms with Gasteiger partial charge in [0, 0.05) is 0 Å². The van der Waals surface area contributed by atoms with E-state index in [4.69, 9.17) is 16.6 Å². The Kier molecular flexibility index (Phi) is 7.16. The zero-order valence-corrected chi connectivity index (χ0v) is 20.5.